The van der Waals surface area contributed by atoms with Crippen LogP contribution in [0.15, 0.2) is 18.2 Å². The molecule has 0 fully saturated rings. The molecule has 0 spiro atoms. The van der Waals surface area contributed by atoms with Gasteiger partial charge < -0.3 is 4.18 Å². The number of benzene rings is 1. The van der Waals surface area contributed by atoms with Gasteiger partial charge in [0.05, 0.1) is 5.56 Å². The van der Waals surface area contributed by atoms with E-state index in [0.717, 1.165) is 6.07 Å². The molecule has 4 nitrogen and oxygen atoms in total. The quantitative estimate of drug-likeness (QED) is 0.817. The summed E-state index contributed by atoms with van der Waals surface area (Å²) in [7, 11) is -4.44. The molecule has 16 heavy (non-hydrogen) atoms. The molecule has 1 rings (SSSR count). The van der Waals surface area contributed by atoms with Gasteiger partial charge in [0.1, 0.15) is 11.6 Å². The lowest BCUT2D eigenvalue weighted by molar-refractivity contribution is -0.140. The predicted octanol–water partition coefficient (Wildman–Crippen LogP) is 1.43. The Balaban J connectivity index is 3.18. The van der Waals surface area contributed by atoms with E-state index in [4.69, 9.17) is 0 Å². The van der Waals surface area contributed by atoms with Gasteiger partial charge in [-0.25, -0.2) is 4.39 Å². The van der Waals surface area contributed by atoms with Gasteiger partial charge in [0.2, 0.25) is 0 Å². The standard InChI is InChI=1S/C7H5F4NO3S/c8-6-2-1-4(15-16(12,13)14)3-5(6)7(9,10)11/h1-3H,(H2,12,13,14). The maximum atomic E-state index is 12.7. The molecule has 0 aliphatic heterocycles. The van der Waals surface area contributed by atoms with E-state index in [1.165, 1.54) is 0 Å². The van der Waals surface area contributed by atoms with Gasteiger partial charge in [-0.1, -0.05) is 0 Å². The highest BCUT2D eigenvalue weighted by atomic mass is 32.2. The summed E-state index contributed by atoms with van der Waals surface area (Å²) in [5.41, 5.74) is -1.63. The number of rotatable bonds is 2. The van der Waals surface area contributed by atoms with Crippen LogP contribution in [0.4, 0.5) is 17.6 Å². The summed E-state index contributed by atoms with van der Waals surface area (Å²) in [5, 5.41) is 4.44. The van der Waals surface area contributed by atoms with Crippen molar-refractivity contribution in [3.63, 3.8) is 0 Å². The summed E-state index contributed by atoms with van der Waals surface area (Å²) in [4.78, 5) is 0. The average molecular weight is 259 g/mol. The van der Waals surface area contributed by atoms with Crippen LogP contribution in [-0.4, -0.2) is 8.42 Å². The van der Waals surface area contributed by atoms with Gasteiger partial charge >= 0.3 is 16.5 Å². The molecule has 1 aromatic rings. The molecule has 0 aliphatic carbocycles. The highest BCUT2D eigenvalue weighted by Crippen LogP contribution is 2.33. The van der Waals surface area contributed by atoms with E-state index in [-0.39, 0.29) is 6.07 Å². The lowest BCUT2D eigenvalue weighted by Crippen LogP contribution is -2.19. The molecule has 0 saturated carbocycles. The van der Waals surface area contributed by atoms with E-state index in [9.17, 15) is 26.0 Å². The van der Waals surface area contributed by atoms with Crippen LogP contribution in [0, 0.1) is 5.82 Å². The highest BCUT2D eigenvalue weighted by Gasteiger charge is 2.34. The Labute approximate surface area is 87.9 Å². The minimum Gasteiger partial charge on any atom is -0.371 e. The Morgan fingerprint density at radius 2 is 1.81 bits per heavy atom. The molecule has 0 aliphatic rings. The van der Waals surface area contributed by atoms with Crippen LogP contribution in [0.25, 0.3) is 0 Å². The van der Waals surface area contributed by atoms with E-state index in [1.807, 2.05) is 0 Å². The highest BCUT2D eigenvalue weighted by molar-refractivity contribution is 7.84. The van der Waals surface area contributed by atoms with Gasteiger partial charge in [-0.2, -0.15) is 26.7 Å². The molecular formula is C7H5F4NO3S. The van der Waals surface area contributed by atoms with Crippen LogP contribution in [0.5, 0.6) is 5.75 Å². The zero-order valence-electron chi connectivity index (χ0n) is 7.45. The fraction of sp³-hybridized carbons (Fsp3) is 0.143. The summed E-state index contributed by atoms with van der Waals surface area (Å²) in [5.74, 6) is -2.24. The molecule has 0 amide bonds. The van der Waals surface area contributed by atoms with Crippen LogP contribution < -0.4 is 9.32 Å². The van der Waals surface area contributed by atoms with E-state index >= 15 is 0 Å². The molecule has 0 unspecified atom stereocenters. The van der Waals surface area contributed by atoms with Crippen molar-refractivity contribution >= 4 is 10.3 Å². The molecule has 9 heteroatoms. The van der Waals surface area contributed by atoms with Crippen molar-refractivity contribution in [2.45, 2.75) is 6.18 Å². The third kappa shape index (κ3) is 3.35. The Kier molecular flexibility index (Phi) is 3.10. The molecule has 0 heterocycles. The average Bonchev–Trinajstić information content (AvgIpc) is 2.04. The first kappa shape index (κ1) is 12.7. The Hall–Kier alpha value is -1.35. The van der Waals surface area contributed by atoms with Crippen LogP contribution in [-0.2, 0) is 16.5 Å². The van der Waals surface area contributed by atoms with E-state index in [1.54, 1.807) is 0 Å². The summed E-state index contributed by atoms with van der Waals surface area (Å²) < 4.78 is 74.1. The molecule has 0 saturated heterocycles. The van der Waals surface area contributed by atoms with Gasteiger partial charge in [-0.05, 0) is 18.2 Å². The first-order valence-electron chi connectivity index (χ1n) is 3.68. The third-order valence-electron chi connectivity index (χ3n) is 1.46. The van der Waals surface area contributed by atoms with Gasteiger partial charge in [0.15, 0.2) is 0 Å². The molecule has 1 aromatic carbocycles. The predicted molar refractivity (Wildman–Crippen MR) is 45.1 cm³/mol. The Morgan fingerprint density at radius 1 is 1.25 bits per heavy atom. The lowest BCUT2D eigenvalue weighted by Gasteiger charge is -2.09. The second-order valence-corrected chi connectivity index (χ2v) is 3.87. The number of halogens is 4. The Bertz CT molecular complexity index is 497. The fourth-order valence-electron chi connectivity index (χ4n) is 0.908. The van der Waals surface area contributed by atoms with Crippen LogP contribution >= 0.6 is 0 Å². The monoisotopic (exact) mass is 259 g/mol. The minimum atomic E-state index is -4.94. The van der Waals surface area contributed by atoms with Crippen molar-refractivity contribution < 1.29 is 30.2 Å². The molecule has 0 radical (unpaired) electrons. The summed E-state index contributed by atoms with van der Waals surface area (Å²) in [6.45, 7) is 0. The lowest BCUT2D eigenvalue weighted by atomic mass is 10.2. The fourth-order valence-corrected chi connectivity index (χ4v) is 1.28. The largest absolute Gasteiger partial charge is 0.419 e. The smallest absolute Gasteiger partial charge is 0.371 e. The molecule has 90 valence electrons. The number of alkyl halides is 3. The van der Waals surface area contributed by atoms with Crippen LogP contribution in [0.1, 0.15) is 5.56 Å². The van der Waals surface area contributed by atoms with Gasteiger partial charge in [-0.15, -0.1) is 0 Å². The van der Waals surface area contributed by atoms with E-state index in [0.29, 0.717) is 6.07 Å². The molecule has 0 bridgehead atoms. The van der Waals surface area contributed by atoms with Crippen LogP contribution in [0.3, 0.4) is 0 Å². The van der Waals surface area contributed by atoms with E-state index < -0.39 is 33.6 Å². The number of hydrogen-bond donors (Lipinski definition) is 1. The SMILES string of the molecule is NS(=O)(=O)Oc1ccc(F)c(C(F)(F)F)c1. The number of hydrogen-bond acceptors (Lipinski definition) is 3. The van der Waals surface area contributed by atoms with E-state index in [2.05, 4.69) is 9.32 Å². The number of nitrogens with two attached hydrogens (primary N) is 1. The zero-order valence-corrected chi connectivity index (χ0v) is 8.27. The molecule has 0 aromatic heterocycles. The summed E-state index contributed by atoms with van der Waals surface area (Å²) >= 11 is 0. The minimum absolute atomic E-state index is 0.208. The maximum absolute atomic E-state index is 12.7. The first-order valence-corrected chi connectivity index (χ1v) is 5.16. The van der Waals surface area contributed by atoms with Crippen molar-refractivity contribution in [1.82, 2.24) is 0 Å². The van der Waals surface area contributed by atoms with Gasteiger partial charge in [0, 0.05) is 0 Å². The van der Waals surface area contributed by atoms with Crippen molar-refractivity contribution in [1.29, 1.82) is 0 Å². The zero-order chi connectivity index (χ0) is 12.6. The van der Waals surface area contributed by atoms with Gasteiger partial charge in [0.25, 0.3) is 0 Å². The second kappa shape index (κ2) is 3.91. The van der Waals surface area contributed by atoms with Gasteiger partial charge in [-0.3, -0.25) is 0 Å². The topological polar surface area (TPSA) is 69.4 Å². The molecule has 0 atom stereocenters. The van der Waals surface area contributed by atoms with Crippen molar-refractivity contribution in [2.75, 3.05) is 0 Å². The Morgan fingerprint density at radius 3 is 2.25 bits per heavy atom. The normalized spacial score (nSPS) is 12.6. The summed E-state index contributed by atoms with van der Waals surface area (Å²) in [6.07, 6.45) is -4.94. The molecule has 2 N–H and O–H groups in total. The van der Waals surface area contributed by atoms with Crippen molar-refractivity contribution in [3.05, 3.63) is 29.6 Å². The van der Waals surface area contributed by atoms with Crippen molar-refractivity contribution in [3.8, 4) is 5.75 Å². The second-order valence-electron chi connectivity index (χ2n) is 2.72. The van der Waals surface area contributed by atoms with Crippen LogP contribution in [0.2, 0.25) is 0 Å². The molecular weight excluding hydrogens is 254 g/mol. The third-order valence-corrected chi connectivity index (χ3v) is 1.88. The van der Waals surface area contributed by atoms with Crippen molar-refractivity contribution in [2.24, 2.45) is 5.14 Å². The first-order chi connectivity index (χ1) is 7.09. The maximum Gasteiger partial charge on any atom is 0.419 e. The summed E-state index contributed by atoms with van der Waals surface area (Å²) in [6, 6.07) is 1.36.